The van der Waals surface area contributed by atoms with Gasteiger partial charge >= 0.3 is 0 Å². The van der Waals surface area contributed by atoms with Crippen LogP contribution in [0.25, 0.3) is 33.5 Å². The van der Waals surface area contributed by atoms with Crippen LogP contribution in [0.1, 0.15) is 24.0 Å². The van der Waals surface area contributed by atoms with E-state index in [1.165, 1.54) is 24.3 Å². The number of anilines is 2. The van der Waals surface area contributed by atoms with Crippen molar-refractivity contribution < 1.29 is 8.78 Å². The minimum absolute atomic E-state index is 0.178. The Morgan fingerprint density at radius 1 is 1.17 bits per heavy atom. The number of piperidine rings is 1. The van der Waals surface area contributed by atoms with E-state index >= 15 is 0 Å². The van der Waals surface area contributed by atoms with Crippen LogP contribution >= 0.6 is 0 Å². The first-order valence-corrected chi connectivity index (χ1v) is 11.5. The molecular weight excluding hydrogens is 448 g/mol. The number of nitrogens with zero attached hydrogens (tertiary/aromatic N) is 4. The van der Waals surface area contributed by atoms with E-state index in [0.29, 0.717) is 28.5 Å². The molecule has 0 atom stereocenters. The molecule has 0 amide bonds. The SMILES string of the molecule is CNC1CCN(c2c(-c3cc(C)cc(F)c3)cnc(N)c2-c2nc3cc(C#N)cc(F)c3[nH]2)CC1. The minimum Gasteiger partial charge on any atom is -0.383 e. The van der Waals surface area contributed by atoms with Crippen molar-refractivity contribution in [3.8, 4) is 28.6 Å². The molecular formula is C26H25F2N7. The molecule has 4 N–H and O–H groups in total. The van der Waals surface area contributed by atoms with Gasteiger partial charge in [-0.1, -0.05) is 6.07 Å². The second-order valence-electron chi connectivity index (χ2n) is 8.90. The highest BCUT2D eigenvalue weighted by atomic mass is 19.1. The van der Waals surface area contributed by atoms with E-state index in [9.17, 15) is 14.0 Å². The second kappa shape index (κ2) is 8.96. The van der Waals surface area contributed by atoms with Gasteiger partial charge in [-0.3, -0.25) is 0 Å². The van der Waals surface area contributed by atoms with Gasteiger partial charge in [0, 0.05) is 30.9 Å². The number of nitrogens with one attached hydrogen (secondary N) is 2. The van der Waals surface area contributed by atoms with E-state index in [2.05, 4.69) is 25.2 Å². The zero-order valence-electron chi connectivity index (χ0n) is 19.5. The molecule has 4 aromatic rings. The summed E-state index contributed by atoms with van der Waals surface area (Å²) in [4.78, 5) is 14.3. The summed E-state index contributed by atoms with van der Waals surface area (Å²) in [5, 5.41) is 12.6. The van der Waals surface area contributed by atoms with E-state index in [4.69, 9.17) is 5.73 Å². The van der Waals surface area contributed by atoms with Crippen LogP contribution in [0.4, 0.5) is 20.3 Å². The first-order valence-electron chi connectivity index (χ1n) is 11.5. The van der Waals surface area contributed by atoms with Crippen LogP contribution in [0.5, 0.6) is 0 Å². The number of nitrogens with two attached hydrogens (primary N) is 1. The summed E-state index contributed by atoms with van der Waals surface area (Å²) in [7, 11) is 1.95. The van der Waals surface area contributed by atoms with Gasteiger partial charge in [-0.25, -0.2) is 18.7 Å². The van der Waals surface area contributed by atoms with Crippen molar-refractivity contribution in [2.75, 3.05) is 30.8 Å². The standard InChI is InChI=1S/C26H25F2N7/c1-14-7-16(11-17(27)8-14)19-13-32-25(30)22(24(19)35-5-3-18(31-2)4-6-35)26-33-21-10-15(12-29)9-20(28)23(21)34-26/h7-11,13,18,31H,3-6H2,1-2H3,(H2,30,32)(H,33,34). The lowest BCUT2D eigenvalue weighted by molar-refractivity contribution is 0.443. The molecule has 7 nitrogen and oxygen atoms in total. The van der Waals surface area contributed by atoms with Crippen molar-refractivity contribution in [3.63, 3.8) is 0 Å². The van der Waals surface area contributed by atoms with Gasteiger partial charge in [-0.2, -0.15) is 5.26 Å². The van der Waals surface area contributed by atoms with Gasteiger partial charge in [0.1, 0.15) is 28.8 Å². The lowest BCUT2D eigenvalue weighted by atomic mass is 9.96. The summed E-state index contributed by atoms with van der Waals surface area (Å²) in [6.45, 7) is 3.33. The fraction of sp³-hybridized carbons (Fsp3) is 0.269. The van der Waals surface area contributed by atoms with Crippen molar-refractivity contribution in [1.82, 2.24) is 20.3 Å². The van der Waals surface area contributed by atoms with Gasteiger partial charge in [0.15, 0.2) is 0 Å². The highest BCUT2D eigenvalue weighted by Crippen LogP contribution is 2.43. The molecule has 0 bridgehead atoms. The van der Waals surface area contributed by atoms with Crippen LogP contribution in [0.15, 0.2) is 36.5 Å². The number of pyridine rings is 1. The number of aromatic nitrogens is 3. The van der Waals surface area contributed by atoms with Crippen molar-refractivity contribution in [1.29, 1.82) is 5.26 Å². The number of H-pyrrole nitrogens is 1. The van der Waals surface area contributed by atoms with Gasteiger partial charge in [0.05, 0.1) is 28.4 Å². The predicted molar refractivity (Wildman–Crippen MR) is 133 cm³/mol. The summed E-state index contributed by atoms with van der Waals surface area (Å²) in [6.07, 6.45) is 3.49. The average molecular weight is 474 g/mol. The first kappa shape index (κ1) is 22.7. The number of nitriles is 1. The highest BCUT2D eigenvalue weighted by molar-refractivity contribution is 5.95. The average Bonchev–Trinajstić information content (AvgIpc) is 3.27. The molecule has 5 rings (SSSR count). The monoisotopic (exact) mass is 473 g/mol. The number of aromatic amines is 1. The van der Waals surface area contributed by atoms with Gasteiger partial charge in [-0.05, 0) is 62.2 Å². The largest absolute Gasteiger partial charge is 0.383 e. The van der Waals surface area contributed by atoms with Gasteiger partial charge in [0.2, 0.25) is 0 Å². The zero-order valence-corrected chi connectivity index (χ0v) is 19.5. The molecule has 0 unspecified atom stereocenters. The molecule has 35 heavy (non-hydrogen) atoms. The Morgan fingerprint density at radius 2 is 1.94 bits per heavy atom. The van der Waals surface area contributed by atoms with Crippen molar-refractivity contribution >= 4 is 22.5 Å². The molecule has 0 saturated carbocycles. The van der Waals surface area contributed by atoms with Crippen LogP contribution in [-0.4, -0.2) is 41.1 Å². The lowest BCUT2D eigenvalue weighted by Gasteiger charge is -2.36. The summed E-state index contributed by atoms with van der Waals surface area (Å²) in [6, 6.07) is 9.91. The van der Waals surface area contributed by atoms with Crippen molar-refractivity contribution in [3.05, 3.63) is 59.3 Å². The molecule has 0 radical (unpaired) electrons. The number of rotatable bonds is 4. The first-order chi connectivity index (χ1) is 16.9. The molecule has 0 aliphatic carbocycles. The van der Waals surface area contributed by atoms with E-state index in [1.54, 1.807) is 6.20 Å². The number of aryl methyl sites for hydroxylation is 1. The van der Waals surface area contributed by atoms with Crippen LogP contribution in [0.3, 0.4) is 0 Å². The molecule has 1 aliphatic rings. The Hall–Kier alpha value is -4.03. The summed E-state index contributed by atoms with van der Waals surface area (Å²) in [5.74, 6) is -0.335. The molecule has 1 saturated heterocycles. The number of benzene rings is 2. The van der Waals surface area contributed by atoms with Gasteiger partial charge in [0.25, 0.3) is 0 Å². The maximum atomic E-state index is 14.7. The van der Waals surface area contributed by atoms with Crippen molar-refractivity contribution in [2.45, 2.75) is 25.8 Å². The summed E-state index contributed by atoms with van der Waals surface area (Å²) in [5.41, 5.74) is 10.6. The molecule has 3 heterocycles. The van der Waals surface area contributed by atoms with Crippen molar-refractivity contribution in [2.24, 2.45) is 0 Å². The van der Waals surface area contributed by atoms with Crippen LogP contribution in [0, 0.1) is 29.9 Å². The molecule has 178 valence electrons. The third-order valence-corrected chi connectivity index (χ3v) is 6.56. The number of halogens is 2. The molecule has 0 spiro atoms. The number of hydrogen-bond acceptors (Lipinski definition) is 6. The van der Waals surface area contributed by atoms with Gasteiger partial charge < -0.3 is 20.9 Å². The summed E-state index contributed by atoms with van der Waals surface area (Å²) < 4.78 is 29.1. The molecule has 1 fully saturated rings. The van der Waals surface area contributed by atoms with E-state index < -0.39 is 5.82 Å². The second-order valence-corrected chi connectivity index (χ2v) is 8.90. The molecule has 2 aromatic heterocycles. The fourth-order valence-corrected chi connectivity index (χ4v) is 4.83. The van der Waals surface area contributed by atoms with Gasteiger partial charge in [-0.15, -0.1) is 0 Å². The van der Waals surface area contributed by atoms with Crippen LogP contribution < -0.4 is 16.0 Å². The molecule has 9 heteroatoms. The predicted octanol–water partition coefficient (Wildman–Crippen LogP) is 4.52. The molecule has 2 aromatic carbocycles. The zero-order chi connectivity index (χ0) is 24.7. The molecule has 1 aliphatic heterocycles. The fourth-order valence-electron chi connectivity index (χ4n) is 4.83. The Labute approximate surface area is 201 Å². The van der Waals surface area contributed by atoms with E-state index in [0.717, 1.165) is 42.7 Å². The Kier molecular flexibility index (Phi) is 5.83. The normalized spacial score (nSPS) is 14.4. The highest BCUT2D eigenvalue weighted by Gasteiger charge is 2.27. The lowest BCUT2D eigenvalue weighted by Crippen LogP contribution is -2.41. The number of nitrogen functional groups attached to an aromatic ring is 1. The Bertz CT molecular complexity index is 1440. The smallest absolute Gasteiger partial charge is 0.150 e. The van der Waals surface area contributed by atoms with E-state index in [-0.39, 0.29) is 22.7 Å². The third kappa shape index (κ3) is 4.17. The Morgan fingerprint density at radius 3 is 2.63 bits per heavy atom. The maximum Gasteiger partial charge on any atom is 0.150 e. The summed E-state index contributed by atoms with van der Waals surface area (Å²) >= 11 is 0. The Balaban J connectivity index is 1.75. The number of imidazole rings is 1. The van der Waals surface area contributed by atoms with Crippen LogP contribution in [-0.2, 0) is 0 Å². The minimum atomic E-state index is -0.572. The van der Waals surface area contributed by atoms with E-state index in [1.807, 2.05) is 26.1 Å². The van der Waals surface area contributed by atoms with Crippen LogP contribution in [0.2, 0.25) is 0 Å². The number of fused-ring (bicyclic) bond motifs is 1. The topological polar surface area (TPSA) is 107 Å². The third-order valence-electron chi connectivity index (χ3n) is 6.56. The maximum absolute atomic E-state index is 14.7. The quantitative estimate of drug-likeness (QED) is 0.402. The number of hydrogen-bond donors (Lipinski definition) is 3.